The monoisotopic (exact) mass is 335 g/mol. The van der Waals surface area contributed by atoms with Crippen molar-refractivity contribution in [3.63, 3.8) is 0 Å². The van der Waals surface area contributed by atoms with E-state index in [2.05, 4.69) is 14.9 Å². The standard InChI is InChI=1S/C15H21N5O2S/c1-22-11(9-16)8-13(21)19-3-5-20(6-4-19)15-14-12(2-7-23-14)17-10-18-15/h2,7,10-11H,3-6,8-9,16H2,1H3. The van der Waals surface area contributed by atoms with Gasteiger partial charge in [0, 0.05) is 39.8 Å². The van der Waals surface area contributed by atoms with Crippen molar-refractivity contribution < 1.29 is 9.53 Å². The van der Waals surface area contributed by atoms with Gasteiger partial charge in [0.1, 0.15) is 12.1 Å². The van der Waals surface area contributed by atoms with Crippen LogP contribution in [-0.2, 0) is 9.53 Å². The number of fused-ring (bicyclic) bond motifs is 1. The number of hydrogen-bond acceptors (Lipinski definition) is 7. The van der Waals surface area contributed by atoms with Gasteiger partial charge in [-0.1, -0.05) is 0 Å². The second-order valence-electron chi connectivity index (χ2n) is 5.50. The van der Waals surface area contributed by atoms with Gasteiger partial charge in [0.05, 0.1) is 22.7 Å². The molecule has 23 heavy (non-hydrogen) atoms. The lowest BCUT2D eigenvalue weighted by atomic mass is 10.2. The molecule has 0 radical (unpaired) electrons. The largest absolute Gasteiger partial charge is 0.380 e. The minimum atomic E-state index is -0.201. The number of carbonyl (C=O) groups is 1. The molecule has 1 saturated heterocycles. The van der Waals surface area contributed by atoms with Crippen LogP contribution in [0.25, 0.3) is 10.2 Å². The third kappa shape index (κ3) is 3.44. The van der Waals surface area contributed by atoms with Crippen molar-refractivity contribution in [2.75, 3.05) is 44.7 Å². The van der Waals surface area contributed by atoms with Crippen LogP contribution in [0.5, 0.6) is 0 Å². The van der Waals surface area contributed by atoms with Crippen molar-refractivity contribution in [3.8, 4) is 0 Å². The zero-order chi connectivity index (χ0) is 16.2. The predicted molar refractivity (Wildman–Crippen MR) is 90.7 cm³/mol. The lowest BCUT2D eigenvalue weighted by Gasteiger charge is -2.36. The Bertz CT molecular complexity index is 665. The van der Waals surface area contributed by atoms with E-state index in [-0.39, 0.29) is 12.0 Å². The highest BCUT2D eigenvalue weighted by molar-refractivity contribution is 7.17. The van der Waals surface area contributed by atoms with Crippen LogP contribution in [0.1, 0.15) is 6.42 Å². The van der Waals surface area contributed by atoms with E-state index >= 15 is 0 Å². The highest BCUT2D eigenvalue weighted by Crippen LogP contribution is 2.28. The lowest BCUT2D eigenvalue weighted by Crippen LogP contribution is -2.50. The van der Waals surface area contributed by atoms with Crippen molar-refractivity contribution in [3.05, 3.63) is 17.8 Å². The molecule has 2 N–H and O–H groups in total. The minimum Gasteiger partial charge on any atom is -0.380 e. The molecular formula is C15H21N5O2S. The van der Waals surface area contributed by atoms with Crippen LogP contribution < -0.4 is 10.6 Å². The molecule has 0 aromatic carbocycles. The number of nitrogens with two attached hydrogens (primary N) is 1. The van der Waals surface area contributed by atoms with Crippen molar-refractivity contribution in [1.29, 1.82) is 0 Å². The Hall–Kier alpha value is -1.77. The molecule has 124 valence electrons. The van der Waals surface area contributed by atoms with Crippen LogP contribution in [-0.4, -0.2) is 66.7 Å². The Balaban J connectivity index is 1.62. The smallest absolute Gasteiger partial charge is 0.225 e. The average molecular weight is 335 g/mol. The van der Waals surface area contributed by atoms with Gasteiger partial charge in [-0.05, 0) is 11.4 Å². The number of hydrogen-bond donors (Lipinski definition) is 1. The minimum absolute atomic E-state index is 0.103. The summed E-state index contributed by atoms with van der Waals surface area (Å²) in [6.45, 7) is 3.29. The third-order valence-electron chi connectivity index (χ3n) is 4.15. The summed E-state index contributed by atoms with van der Waals surface area (Å²) in [4.78, 5) is 25.1. The number of anilines is 1. The lowest BCUT2D eigenvalue weighted by molar-refractivity contribution is -0.133. The first-order valence-electron chi connectivity index (χ1n) is 7.66. The van der Waals surface area contributed by atoms with Crippen LogP contribution in [0.4, 0.5) is 5.82 Å². The van der Waals surface area contributed by atoms with Gasteiger partial charge in [-0.3, -0.25) is 4.79 Å². The Morgan fingerprint density at radius 2 is 2.17 bits per heavy atom. The van der Waals surface area contributed by atoms with E-state index in [4.69, 9.17) is 10.5 Å². The highest BCUT2D eigenvalue weighted by atomic mass is 32.1. The molecule has 2 aromatic heterocycles. The number of methoxy groups -OCH3 is 1. The van der Waals surface area contributed by atoms with E-state index < -0.39 is 0 Å². The Kier molecular flexibility index (Phi) is 5.04. The first kappa shape index (κ1) is 16.1. The molecule has 7 nitrogen and oxygen atoms in total. The number of rotatable bonds is 5. The second kappa shape index (κ2) is 7.20. The molecule has 1 amide bonds. The second-order valence-corrected chi connectivity index (χ2v) is 6.41. The highest BCUT2D eigenvalue weighted by Gasteiger charge is 2.24. The summed E-state index contributed by atoms with van der Waals surface area (Å²) in [6, 6.07) is 2.00. The summed E-state index contributed by atoms with van der Waals surface area (Å²) in [7, 11) is 1.59. The van der Waals surface area contributed by atoms with E-state index in [1.807, 2.05) is 16.3 Å². The van der Waals surface area contributed by atoms with Crippen LogP contribution in [0.2, 0.25) is 0 Å². The van der Waals surface area contributed by atoms with Crippen LogP contribution in [0.15, 0.2) is 17.8 Å². The van der Waals surface area contributed by atoms with Crippen molar-refractivity contribution in [2.45, 2.75) is 12.5 Å². The predicted octanol–water partition coefficient (Wildman–Crippen LogP) is 0.704. The molecular weight excluding hydrogens is 314 g/mol. The molecule has 0 bridgehead atoms. The van der Waals surface area contributed by atoms with E-state index in [1.54, 1.807) is 24.8 Å². The third-order valence-corrected chi connectivity index (χ3v) is 5.05. The summed E-state index contributed by atoms with van der Waals surface area (Å²) in [5, 5.41) is 2.03. The fourth-order valence-electron chi connectivity index (χ4n) is 2.76. The molecule has 8 heteroatoms. The summed E-state index contributed by atoms with van der Waals surface area (Å²) in [5.41, 5.74) is 6.56. The summed E-state index contributed by atoms with van der Waals surface area (Å²) in [6.07, 6.45) is 1.75. The Morgan fingerprint density at radius 1 is 1.39 bits per heavy atom. The maximum atomic E-state index is 12.3. The molecule has 3 rings (SSSR count). The van der Waals surface area contributed by atoms with E-state index in [0.29, 0.717) is 26.1 Å². The number of ether oxygens (including phenoxy) is 1. The fourth-order valence-corrected chi connectivity index (χ4v) is 3.62. The zero-order valence-corrected chi connectivity index (χ0v) is 14.0. The fraction of sp³-hybridized carbons (Fsp3) is 0.533. The van der Waals surface area contributed by atoms with Gasteiger partial charge in [0.25, 0.3) is 0 Å². The molecule has 1 atom stereocenters. The molecule has 0 saturated carbocycles. The molecule has 1 unspecified atom stereocenters. The molecule has 1 aliphatic rings. The maximum Gasteiger partial charge on any atom is 0.225 e. The van der Waals surface area contributed by atoms with Gasteiger partial charge in [-0.2, -0.15) is 0 Å². The molecule has 2 aromatic rings. The molecule has 3 heterocycles. The van der Waals surface area contributed by atoms with Crippen molar-refractivity contribution in [2.24, 2.45) is 5.73 Å². The SMILES string of the molecule is COC(CN)CC(=O)N1CCN(c2ncnc3ccsc23)CC1. The molecule has 1 fully saturated rings. The quantitative estimate of drug-likeness (QED) is 0.866. The zero-order valence-electron chi connectivity index (χ0n) is 13.1. The summed E-state index contributed by atoms with van der Waals surface area (Å²) < 4.78 is 6.30. The summed E-state index contributed by atoms with van der Waals surface area (Å²) in [5.74, 6) is 1.07. The van der Waals surface area contributed by atoms with Crippen molar-refractivity contribution >= 4 is 33.3 Å². The van der Waals surface area contributed by atoms with E-state index in [9.17, 15) is 4.79 Å². The number of thiophene rings is 1. The number of amides is 1. The average Bonchev–Trinajstić information content (AvgIpc) is 3.08. The van der Waals surface area contributed by atoms with Crippen LogP contribution in [0, 0.1) is 0 Å². The van der Waals surface area contributed by atoms with Crippen molar-refractivity contribution in [1.82, 2.24) is 14.9 Å². The Morgan fingerprint density at radius 3 is 2.87 bits per heavy atom. The maximum absolute atomic E-state index is 12.3. The topological polar surface area (TPSA) is 84.6 Å². The molecule has 0 spiro atoms. The van der Waals surface area contributed by atoms with Gasteiger partial charge in [-0.15, -0.1) is 11.3 Å². The Labute approximate surface area is 139 Å². The van der Waals surface area contributed by atoms with E-state index in [0.717, 1.165) is 29.1 Å². The van der Waals surface area contributed by atoms with Gasteiger partial charge >= 0.3 is 0 Å². The first-order valence-corrected chi connectivity index (χ1v) is 8.54. The van der Waals surface area contributed by atoms with Gasteiger partial charge in [0.15, 0.2) is 0 Å². The number of aromatic nitrogens is 2. The normalized spacial score (nSPS) is 16.8. The molecule has 1 aliphatic heterocycles. The number of piperazine rings is 1. The number of carbonyl (C=O) groups excluding carboxylic acids is 1. The van der Waals surface area contributed by atoms with Gasteiger partial charge < -0.3 is 20.3 Å². The molecule has 0 aliphatic carbocycles. The van der Waals surface area contributed by atoms with Gasteiger partial charge in [-0.25, -0.2) is 9.97 Å². The van der Waals surface area contributed by atoms with Gasteiger partial charge in [0.2, 0.25) is 5.91 Å². The number of nitrogens with zero attached hydrogens (tertiary/aromatic N) is 4. The summed E-state index contributed by atoms with van der Waals surface area (Å²) >= 11 is 1.65. The first-order chi connectivity index (χ1) is 11.2. The van der Waals surface area contributed by atoms with Crippen LogP contribution >= 0.6 is 11.3 Å². The van der Waals surface area contributed by atoms with Crippen LogP contribution in [0.3, 0.4) is 0 Å². The van der Waals surface area contributed by atoms with E-state index in [1.165, 1.54) is 0 Å².